The molecule has 0 radical (unpaired) electrons. The zero-order valence-corrected chi connectivity index (χ0v) is 8.87. The highest BCUT2D eigenvalue weighted by Crippen LogP contribution is 2.21. The molecule has 13 heavy (non-hydrogen) atoms. The molecule has 0 saturated heterocycles. The second kappa shape index (κ2) is 4.61. The average molecular weight is 188 g/mol. The van der Waals surface area contributed by atoms with E-state index in [-0.39, 0.29) is 11.8 Å². The van der Waals surface area contributed by atoms with Crippen LogP contribution in [0.3, 0.4) is 0 Å². The van der Waals surface area contributed by atoms with Crippen LogP contribution in [0.5, 0.6) is 0 Å². The lowest BCUT2D eigenvalue weighted by atomic mass is 9.87. The molecule has 3 heteroatoms. The van der Waals surface area contributed by atoms with Gasteiger partial charge in [0.15, 0.2) is 0 Å². The number of carboxylic acid groups (broad SMARTS) is 1. The van der Waals surface area contributed by atoms with Crippen molar-refractivity contribution in [1.29, 1.82) is 0 Å². The molecule has 0 fully saturated rings. The second-order valence-corrected chi connectivity index (χ2v) is 4.54. The van der Waals surface area contributed by atoms with Gasteiger partial charge >= 0.3 is 5.97 Å². The van der Waals surface area contributed by atoms with Gasteiger partial charge < -0.3 is 10.2 Å². The fraction of sp³-hybridized carbons (Fsp3) is 0.900. The van der Waals surface area contributed by atoms with Crippen molar-refractivity contribution < 1.29 is 15.0 Å². The van der Waals surface area contributed by atoms with E-state index < -0.39 is 11.6 Å². The monoisotopic (exact) mass is 188 g/mol. The van der Waals surface area contributed by atoms with Gasteiger partial charge in [-0.2, -0.15) is 0 Å². The minimum atomic E-state index is -0.765. The summed E-state index contributed by atoms with van der Waals surface area (Å²) in [5.74, 6) is -0.981. The molecule has 0 aromatic carbocycles. The van der Waals surface area contributed by atoms with Crippen molar-refractivity contribution in [1.82, 2.24) is 0 Å². The molecule has 0 amide bonds. The Hall–Kier alpha value is -0.570. The third-order valence-corrected chi connectivity index (χ3v) is 2.19. The molecule has 0 saturated carbocycles. The Labute approximate surface area is 79.8 Å². The Bertz CT molecular complexity index is 167. The summed E-state index contributed by atoms with van der Waals surface area (Å²) in [5, 5.41) is 18.3. The SMILES string of the molecule is CC(C)C(CCC(C)(C)O)C(=O)O. The molecule has 0 aliphatic carbocycles. The summed E-state index contributed by atoms with van der Waals surface area (Å²) < 4.78 is 0. The normalized spacial score (nSPS) is 14.6. The molecule has 0 aromatic heterocycles. The van der Waals surface area contributed by atoms with Gasteiger partial charge in [-0.1, -0.05) is 13.8 Å². The minimum absolute atomic E-state index is 0.125. The summed E-state index contributed by atoms with van der Waals surface area (Å²) in [6.07, 6.45) is 1.07. The summed E-state index contributed by atoms with van der Waals surface area (Å²) in [5.41, 5.74) is -0.761. The Balaban J connectivity index is 4.06. The first-order valence-corrected chi connectivity index (χ1v) is 4.69. The molecule has 3 nitrogen and oxygen atoms in total. The second-order valence-electron chi connectivity index (χ2n) is 4.54. The Morgan fingerprint density at radius 2 is 1.85 bits per heavy atom. The van der Waals surface area contributed by atoms with Gasteiger partial charge in [0, 0.05) is 0 Å². The van der Waals surface area contributed by atoms with Gasteiger partial charge in [0.25, 0.3) is 0 Å². The molecule has 0 heterocycles. The predicted molar refractivity (Wildman–Crippen MR) is 51.5 cm³/mol. The third kappa shape index (κ3) is 5.64. The summed E-state index contributed by atoms with van der Waals surface area (Å²) in [7, 11) is 0. The largest absolute Gasteiger partial charge is 0.481 e. The third-order valence-electron chi connectivity index (χ3n) is 2.19. The van der Waals surface area contributed by atoms with E-state index in [1.165, 1.54) is 0 Å². The zero-order chi connectivity index (χ0) is 10.6. The fourth-order valence-corrected chi connectivity index (χ4v) is 1.25. The maximum Gasteiger partial charge on any atom is 0.306 e. The molecule has 0 spiro atoms. The number of rotatable bonds is 5. The number of hydrogen-bond acceptors (Lipinski definition) is 2. The van der Waals surface area contributed by atoms with Crippen LogP contribution in [-0.4, -0.2) is 21.8 Å². The number of aliphatic hydroxyl groups is 1. The number of carbonyl (C=O) groups is 1. The number of hydrogen-bond donors (Lipinski definition) is 2. The van der Waals surface area contributed by atoms with Crippen molar-refractivity contribution in [2.45, 2.75) is 46.1 Å². The predicted octanol–water partition coefficient (Wildman–Crippen LogP) is 1.89. The Morgan fingerprint density at radius 3 is 2.08 bits per heavy atom. The van der Waals surface area contributed by atoms with Crippen LogP contribution in [0.2, 0.25) is 0 Å². The van der Waals surface area contributed by atoms with Crippen LogP contribution < -0.4 is 0 Å². The van der Waals surface area contributed by atoms with Crippen molar-refractivity contribution in [3.05, 3.63) is 0 Å². The van der Waals surface area contributed by atoms with E-state index in [1.807, 2.05) is 13.8 Å². The van der Waals surface area contributed by atoms with E-state index in [0.717, 1.165) is 0 Å². The topological polar surface area (TPSA) is 57.5 Å². The van der Waals surface area contributed by atoms with Crippen LogP contribution in [0.15, 0.2) is 0 Å². The molecular formula is C10H20O3. The van der Waals surface area contributed by atoms with E-state index in [4.69, 9.17) is 5.11 Å². The van der Waals surface area contributed by atoms with Crippen LogP contribution in [0.4, 0.5) is 0 Å². The molecule has 0 aliphatic rings. The van der Waals surface area contributed by atoms with Crippen molar-refractivity contribution >= 4 is 5.97 Å². The molecule has 0 aliphatic heterocycles. The van der Waals surface area contributed by atoms with Crippen LogP contribution in [0, 0.1) is 11.8 Å². The van der Waals surface area contributed by atoms with E-state index in [0.29, 0.717) is 12.8 Å². The quantitative estimate of drug-likeness (QED) is 0.692. The highest BCUT2D eigenvalue weighted by molar-refractivity contribution is 5.70. The number of carboxylic acids is 1. The molecule has 1 atom stereocenters. The smallest absolute Gasteiger partial charge is 0.306 e. The molecule has 0 rings (SSSR count). The highest BCUT2D eigenvalue weighted by atomic mass is 16.4. The van der Waals surface area contributed by atoms with Gasteiger partial charge in [-0.25, -0.2) is 0 Å². The average Bonchev–Trinajstić information content (AvgIpc) is 1.82. The number of aliphatic carboxylic acids is 1. The van der Waals surface area contributed by atoms with Crippen molar-refractivity contribution in [2.75, 3.05) is 0 Å². The molecule has 0 aromatic rings. The lowest BCUT2D eigenvalue weighted by Crippen LogP contribution is -2.25. The first-order valence-electron chi connectivity index (χ1n) is 4.69. The first-order chi connectivity index (χ1) is 5.74. The molecule has 1 unspecified atom stereocenters. The highest BCUT2D eigenvalue weighted by Gasteiger charge is 2.24. The van der Waals surface area contributed by atoms with Gasteiger partial charge in [-0.3, -0.25) is 4.79 Å². The lowest BCUT2D eigenvalue weighted by Gasteiger charge is -2.21. The minimum Gasteiger partial charge on any atom is -0.481 e. The van der Waals surface area contributed by atoms with E-state index in [9.17, 15) is 9.90 Å². The van der Waals surface area contributed by atoms with Gasteiger partial charge in [-0.05, 0) is 32.6 Å². The Morgan fingerprint density at radius 1 is 1.38 bits per heavy atom. The Kier molecular flexibility index (Phi) is 4.40. The van der Waals surface area contributed by atoms with Crippen molar-refractivity contribution in [2.24, 2.45) is 11.8 Å². The summed E-state index contributed by atoms with van der Waals surface area (Å²) >= 11 is 0. The first kappa shape index (κ1) is 12.4. The summed E-state index contributed by atoms with van der Waals surface area (Å²) in [4.78, 5) is 10.8. The molecule has 2 N–H and O–H groups in total. The van der Waals surface area contributed by atoms with E-state index in [1.54, 1.807) is 13.8 Å². The van der Waals surface area contributed by atoms with E-state index in [2.05, 4.69) is 0 Å². The van der Waals surface area contributed by atoms with Crippen LogP contribution in [0.1, 0.15) is 40.5 Å². The van der Waals surface area contributed by atoms with E-state index >= 15 is 0 Å². The van der Waals surface area contributed by atoms with Crippen LogP contribution in [-0.2, 0) is 4.79 Å². The summed E-state index contributed by atoms with van der Waals surface area (Å²) in [6, 6.07) is 0. The standard InChI is InChI=1S/C10H20O3/c1-7(2)8(9(11)12)5-6-10(3,4)13/h7-8,13H,5-6H2,1-4H3,(H,11,12). The molecular weight excluding hydrogens is 168 g/mol. The van der Waals surface area contributed by atoms with Crippen molar-refractivity contribution in [3.63, 3.8) is 0 Å². The maximum atomic E-state index is 10.8. The molecule has 0 bridgehead atoms. The van der Waals surface area contributed by atoms with Gasteiger partial charge in [0.05, 0.1) is 11.5 Å². The van der Waals surface area contributed by atoms with Crippen LogP contribution >= 0.6 is 0 Å². The van der Waals surface area contributed by atoms with Gasteiger partial charge in [-0.15, -0.1) is 0 Å². The maximum absolute atomic E-state index is 10.8. The summed E-state index contributed by atoms with van der Waals surface area (Å²) in [6.45, 7) is 7.19. The lowest BCUT2D eigenvalue weighted by molar-refractivity contribution is -0.143. The van der Waals surface area contributed by atoms with Crippen molar-refractivity contribution in [3.8, 4) is 0 Å². The fourth-order valence-electron chi connectivity index (χ4n) is 1.25. The van der Waals surface area contributed by atoms with Gasteiger partial charge in [0.2, 0.25) is 0 Å². The van der Waals surface area contributed by atoms with Crippen LogP contribution in [0.25, 0.3) is 0 Å². The van der Waals surface area contributed by atoms with Gasteiger partial charge in [0.1, 0.15) is 0 Å². The zero-order valence-electron chi connectivity index (χ0n) is 8.87. The molecule has 78 valence electrons.